The predicted molar refractivity (Wildman–Crippen MR) is 164 cm³/mol. The molecule has 0 radical (unpaired) electrons. The van der Waals surface area contributed by atoms with E-state index >= 15 is 0 Å². The van der Waals surface area contributed by atoms with Crippen LogP contribution in [-0.4, -0.2) is 26.5 Å². The van der Waals surface area contributed by atoms with E-state index in [2.05, 4.69) is 0 Å². The Balaban J connectivity index is 1.47. The van der Waals surface area contributed by atoms with Gasteiger partial charge in [0.25, 0.3) is 5.56 Å². The second-order valence-electron chi connectivity index (χ2n) is 11.3. The lowest BCUT2D eigenvalue weighted by atomic mass is 9.85. The van der Waals surface area contributed by atoms with Gasteiger partial charge in [0.1, 0.15) is 5.84 Å². The molecule has 1 aliphatic carbocycles. The molecule has 1 aromatic heterocycles. The van der Waals surface area contributed by atoms with Gasteiger partial charge in [0, 0.05) is 24.0 Å². The maximum absolute atomic E-state index is 13.8. The van der Waals surface area contributed by atoms with Crippen molar-refractivity contribution in [3.63, 3.8) is 0 Å². The van der Waals surface area contributed by atoms with Crippen molar-refractivity contribution < 1.29 is 9.59 Å². The Labute approximate surface area is 244 Å². The van der Waals surface area contributed by atoms with Crippen molar-refractivity contribution in [1.82, 2.24) is 9.13 Å². The van der Waals surface area contributed by atoms with Gasteiger partial charge in [0.2, 0.25) is 0 Å². The molecule has 3 N–H and O–H groups in total. The zero-order chi connectivity index (χ0) is 29.6. The highest BCUT2D eigenvalue weighted by atomic mass is 16.2. The number of benzene rings is 3. The van der Waals surface area contributed by atoms with E-state index in [1.807, 2.05) is 42.5 Å². The fraction of sp³-hybridized carbons (Fsp3) is 0.324. The lowest BCUT2D eigenvalue weighted by Gasteiger charge is -2.21. The molecule has 0 aliphatic heterocycles. The molecular weight excluding hydrogens is 528 g/mol. The van der Waals surface area contributed by atoms with Gasteiger partial charge in [-0.15, -0.1) is 0 Å². The van der Waals surface area contributed by atoms with Crippen molar-refractivity contribution in [2.45, 2.75) is 64.5 Å². The highest BCUT2D eigenvalue weighted by Gasteiger charge is 2.21. The molecule has 4 aromatic rings. The Morgan fingerprint density at radius 2 is 1.52 bits per heavy atom. The van der Waals surface area contributed by atoms with Crippen LogP contribution in [0.25, 0.3) is 10.9 Å². The Hall–Kier alpha value is -4.59. The highest BCUT2D eigenvalue weighted by Crippen LogP contribution is 2.28. The van der Waals surface area contributed by atoms with Gasteiger partial charge in [-0.25, -0.2) is 4.79 Å². The summed E-state index contributed by atoms with van der Waals surface area (Å²) in [6.45, 7) is -0.135. The predicted octanol–water partition coefficient (Wildman–Crippen LogP) is 4.85. The van der Waals surface area contributed by atoms with Crippen LogP contribution in [0.15, 0.2) is 82.4 Å². The number of Topliss-reactive ketones (excluding diaryl/α,β-unsaturated/α-hetero) is 2. The molecule has 1 fully saturated rings. The van der Waals surface area contributed by atoms with E-state index in [4.69, 9.17) is 11.1 Å². The van der Waals surface area contributed by atoms with Crippen LogP contribution in [0.1, 0.15) is 72.0 Å². The number of hydrogen-bond acceptors (Lipinski definition) is 5. The molecule has 0 spiro atoms. The molecule has 0 atom stereocenters. The first-order valence-electron chi connectivity index (χ1n) is 14.6. The van der Waals surface area contributed by atoms with Crippen molar-refractivity contribution in [2.75, 3.05) is 0 Å². The zero-order valence-corrected chi connectivity index (χ0v) is 23.7. The first-order chi connectivity index (χ1) is 20.3. The van der Waals surface area contributed by atoms with E-state index in [-0.39, 0.29) is 36.9 Å². The number of hydrogen-bond donors (Lipinski definition) is 2. The second-order valence-corrected chi connectivity index (χ2v) is 11.3. The van der Waals surface area contributed by atoms with Crippen LogP contribution in [0.2, 0.25) is 0 Å². The number of nitrogen functional groups attached to an aromatic ring is 1. The third-order valence-corrected chi connectivity index (χ3v) is 8.22. The normalized spacial score (nSPS) is 13.7. The summed E-state index contributed by atoms with van der Waals surface area (Å²) in [5.74, 6) is 0.162. The minimum absolute atomic E-state index is 0.00315. The number of ketones is 2. The molecule has 0 saturated heterocycles. The molecular formula is C34H36N4O4. The SMILES string of the molecule is N=C(N)c1ccc(CCC(=O)Cn2c(=O)n(Cc3ccccc3)c(=O)c3ccc(C(=O)CC4CCCCC4)cc32)cc1. The Morgan fingerprint density at radius 1 is 0.833 bits per heavy atom. The molecule has 0 amide bonds. The third-order valence-electron chi connectivity index (χ3n) is 8.22. The van der Waals surface area contributed by atoms with E-state index in [0.717, 1.165) is 41.4 Å². The molecule has 216 valence electrons. The number of nitrogens with one attached hydrogen (secondary N) is 1. The van der Waals surface area contributed by atoms with Crippen molar-refractivity contribution in [3.8, 4) is 0 Å². The van der Waals surface area contributed by atoms with Crippen LogP contribution < -0.4 is 17.0 Å². The Bertz CT molecular complexity index is 1730. The number of nitrogens with zero attached hydrogens (tertiary/aromatic N) is 2. The number of aromatic nitrogens is 2. The standard InChI is InChI=1S/C34H36N4O4/c35-32(36)26-14-11-23(12-15-26)13-17-28(39)22-37-30-20-27(31(40)19-24-7-3-1-4-8-24)16-18-29(30)33(41)38(34(37)42)21-25-9-5-2-6-10-25/h2,5-6,9-12,14-16,18,20,24H,1,3-4,7-8,13,17,19,21-22H2,(H3,35,36). The molecule has 8 heteroatoms. The smallest absolute Gasteiger partial charge is 0.332 e. The molecule has 3 aromatic carbocycles. The van der Waals surface area contributed by atoms with Crippen LogP contribution in [-0.2, 0) is 24.3 Å². The first-order valence-corrected chi connectivity index (χ1v) is 14.6. The Kier molecular flexibility index (Phi) is 8.91. The molecule has 42 heavy (non-hydrogen) atoms. The first kappa shape index (κ1) is 28.9. The van der Waals surface area contributed by atoms with Gasteiger partial charge >= 0.3 is 5.69 Å². The third kappa shape index (κ3) is 6.65. The van der Waals surface area contributed by atoms with Crippen LogP contribution in [0.5, 0.6) is 0 Å². The summed E-state index contributed by atoms with van der Waals surface area (Å²) >= 11 is 0. The fourth-order valence-electron chi connectivity index (χ4n) is 5.81. The molecule has 5 rings (SSSR count). The molecule has 1 aliphatic rings. The minimum atomic E-state index is -0.576. The van der Waals surface area contributed by atoms with Gasteiger partial charge in [0.15, 0.2) is 11.6 Å². The summed E-state index contributed by atoms with van der Waals surface area (Å²) in [4.78, 5) is 53.8. The number of nitrogens with two attached hydrogens (primary N) is 1. The number of rotatable bonds is 11. The Morgan fingerprint density at radius 3 is 2.21 bits per heavy atom. The summed E-state index contributed by atoms with van der Waals surface area (Å²) in [5, 5.41) is 7.84. The van der Waals surface area contributed by atoms with Gasteiger partial charge in [-0.2, -0.15) is 0 Å². The number of carbonyl (C=O) groups excluding carboxylic acids is 2. The van der Waals surface area contributed by atoms with Crippen molar-refractivity contribution >= 4 is 28.3 Å². The van der Waals surface area contributed by atoms with Gasteiger partial charge in [-0.3, -0.25) is 28.9 Å². The van der Waals surface area contributed by atoms with E-state index in [0.29, 0.717) is 40.8 Å². The number of carbonyl (C=O) groups is 2. The lowest BCUT2D eigenvalue weighted by molar-refractivity contribution is -0.119. The average Bonchev–Trinajstić information content (AvgIpc) is 3.01. The number of fused-ring (bicyclic) bond motifs is 1. The molecule has 0 unspecified atom stereocenters. The number of amidine groups is 1. The van der Waals surface area contributed by atoms with Gasteiger partial charge in [-0.1, -0.05) is 92.8 Å². The van der Waals surface area contributed by atoms with Crippen LogP contribution in [0, 0.1) is 11.3 Å². The molecule has 0 bridgehead atoms. The van der Waals surface area contributed by atoms with Crippen LogP contribution in [0.4, 0.5) is 0 Å². The van der Waals surface area contributed by atoms with Crippen molar-refractivity contribution in [1.29, 1.82) is 5.41 Å². The zero-order valence-electron chi connectivity index (χ0n) is 23.7. The molecule has 8 nitrogen and oxygen atoms in total. The second kappa shape index (κ2) is 12.9. The summed E-state index contributed by atoms with van der Waals surface area (Å²) < 4.78 is 2.51. The van der Waals surface area contributed by atoms with E-state index in [1.54, 1.807) is 30.3 Å². The quantitative estimate of drug-likeness (QED) is 0.153. The summed E-state index contributed by atoms with van der Waals surface area (Å²) in [6, 6.07) is 21.3. The monoisotopic (exact) mass is 564 g/mol. The molecule has 1 heterocycles. The largest absolute Gasteiger partial charge is 0.384 e. The van der Waals surface area contributed by atoms with Gasteiger partial charge in [-0.05, 0) is 35.6 Å². The summed E-state index contributed by atoms with van der Waals surface area (Å²) in [6.07, 6.45) is 6.66. The maximum atomic E-state index is 13.8. The van der Waals surface area contributed by atoms with Crippen LogP contribution in [0.3, 0.4) is 0 Å². The molecule has 1 saturated carbocycles. The number of aryl methyl sites for hydroxylation is 1. The minimum Gasteiger partial charge on any atom is -0.384 e. The summed E-state index contributed by atoms with van der Waals surface area (Å²) in [5.41, 5.74) is 7.59. The fourth-order valence-corrected chi connectivity index (χ4v) is 5.81. The highest BCUT2D eigenvalue weighted by molar-refractivity contribution is 5.99. The van der Waals surface area contributed by atoms with E-state index in [1.165, 1.54) is 11.0 Å². The van der Waals surface area contributed by atoms with Crippen molar-refractivity contribution in [3.05, 3.63) is 116 Å². The van der Waals surface area contributed by atoms with E-state index < -0.39 is 11.2 Å². The van der Waals surface area contributed by atoms with Gasteiger partial charge < -0.3 is 5.73 Å². The lowest BCUT2D eigenvalue weighted by Crippen LogP contribution is -2.41. The maximum Gasteiger partial charge on any atom is 0.332 e. The average molecular weight is 565 g/mol. The van der Waals surface area contributed by atoms with Gasteiger partial charge in [0.05, 0.1) is 24.0 Å². The van der Waals surface area contributed by atoms with Crippen LogP contribution >= 0.6 is 0 Å². The summed E-state index contributed by atoms with van der Waals surface area (Å²) in [7, 11) is 0. The van der Waals surface area contributed by atoms with E-state index in [9.17, 15) is 19.2 Å². The van der Waals surface area contributed by atoms with Crippen molar-refractivity contribution in [2.24, 2.45) is 11.7 Å². The topological polar surface area (TPSA) is 128 Å².